The Morgan fingerprint density at radius 3 is 2.08 bits per heavy atom. The van der Waals surface area contributed by atoms with Gasteiger partial charge in [0, 0.05) is 6.20 Å². The number of ketones is 2. The van der Waals surface area contributed by atoms with Gasteiger partial charge in [0.25, 0.3) is 0 Å². The highest BCUT2D eigenvalue weighted by atomic mass is 19.1. The summed E-state index contributed by atoms with van der Waals surface area (Å²) in [6, 6.07) is 1.55. The maximum absolute atomic E-state index is 14.1. The van der Waals surface area contributed by atoms with Gasteiger partial charge in [-0.3, -0.25) is 19.4 Å². The van der Waals surface area contributed by atoms with Crippen LogP contribution in [-0.2, 0) is 4.79 Å². The first kappa shape index (κ1) is 16.9. The van der Waals surface area contributed by atoms with Crippen molar-refractivity contribution in [2.24, 2.45) is 5.41 Å². The number of nitrogens with zero attached hydrogens (tertiary/aromatic N) is 1. The summed E-state index contributed by atoms with van der Waals surface area (Å²) in [4.78, 5) is 41.1. The number of pyridine rings is 1. The first-order valence-corrected chi connectivity index (χ1v) is 7.40. The number of rotatable bonds is 1. The molecule has 0 spiro atoms. The molecular formula is C18H13F2NO4. The summed E-state index contributed by atoms with van der Waals surface area (Å²) in [5.41, 5.74) is -2.72. The molecule has 1 aromatic carbocycles. The molecule has 0 N–H and O–H groups in total. The van der Waals surface area contributed by atoms with Gasteiger partial charge < -0.3 is 4.74 Å². The van der Waals surface area contributed by atoms with Crippen LogP contribution < -0.4 is 4.74 Å². The fourth-order valence-electron chi connectivity index (χ4n) is 2.43. The van der Waals surface area contributed by atoms with Crippen molar-refractivity contribution >= 4 is 17.5 Å². The monoisotopic (exact) mass is 345 g/mol. The lowest BCUT2D eigenvalue weighted by molar-refractivity contribution is -0.143. The lowest BCUT2D eigenvalue weighted by Gasteiger charge is -2.22. The molecule has 0 amide bonds. The van der Waals surface area contributed by atoms with Gasteiger partial charge in [0.2, 0.25) is 5.78 Å². The Labute approximate surface area is 141 Å². The van der Waals surface area contributed by atoms with E-state index in [2.05, 4.69) is 4.98 Å². The van der Waals surface area contributed by atoms with Crippen molar-refractivity contribution in [2.45, 2.75) is 20.8 Å². The largest absolute Gasteiger partial charge is 0.424 e. The van der Waals surface area contributed by atoms with E-state index < -0.39 is 45.7 Å². The first-order valence-electron chi connectivity index (χ1n) is 7.40. The van der Waals surface area contributed by atoms with Crippen molar-refractivity contribution in [3.8, 4) is 5.75 Å². The Morgan fingerprint density at radius 1 is 0.960 bits per heavy atom. The van der Waals surface area contributed by atoms with Crippen LogP contribution in [0.4, 0.5) is 8.78 Å². The highest BCUT2D eigenvalue weighted by Crippen LogP contribution is 2.35. The number of hydrogen-bond donors (Lipinski definition) is 0. The number of esters is 1. The van der Waals surface area contributed by atoms with E-state index in [4.69, 9.17) is 4.74 Å². The maximum Gasteiger partial charge on any atom is 0.316 e. The third-order valence-electron chi connectivity index (χ3n) is 3.76. The molecule has 0 saturated heterocycles. The summed E-state index contributed by atoms with van der Waals surface area (Å²) in [5, 5.41) is 0. The molecule has 1 aromatic heterocycles. The van der Waals surface area contributed by atoms with Crippen LogP contribution in [0.3, 0.4) is 0 Å². The average Bonchev–Trinajstić information content (AvgIpc) is 2.53. The zero-order valence-electron chi connectivity index (χ0n) is 13.6. The molecule has 25 heavy (non-hydrogen) atoms. The quantitative estimate of drug-likeness (QED) is 0.634. The van der Waals surface area contributed by atoms with Crippen LogP contribution in [0.25, 0.3) is 0 Å². The van der Waals surface area contributed by atoms with E-state index in [1.807, 2.05) is 0 Å². The summed E-state index contributed by atoms with van der Waals surface area (Å²) >= 11 is 0. The molecular weight excluding hydrogens is 332 g/mol. The van der Waals surface area contributed by atoms with Crippen LogP contribution in [0.15, 0.2) is 24.5 Å². The number of fused-ring (bicyclic) bond motifs is 2. The average molecular weight is 345 g/mol. The summed E-state index contributed by atoms with van der Waals surface area (Å²) < 4.78 is 33.3. The maximum atomic E-state index is 14.1. The van der Waals surface area contributed by atoms with Gasteiger partial charge in [0.15, 0.2) is 11.5 Å². The highest BCUT2D eigenvalue weighted by molar-refractivity contribution is 6.29. The molecule has 1 aliphatic carbocycles. The third-order valence-corrected chi connectivity index (χ3v) is 3.76. The number of aromatic nitrogens is 1. The van der Waals surface area contributed by atoms with Crippen molar-refractivity contribution in [3.63, 3.8) is 0 Å². The summed E-state index contributed by atoms with van der Waals surface area (Å²) in [5.74, 6) is -4.76. The summed E-state index contributed by atoms with van der Waals surface area (Å²) in [6.45, 7) is 4.82. The lowest BCUT2D eigenvalue weighted by atomic mass is 9.84. The van der Waals surface area contributed by atoms with Gasteiger partial charge in [0.05, 0.1) is 33.9 Å². The minimum Gasteiger partial charge on any atom is -0.424 e. The minimum atomic E-state index is -1.02. The second kappa shape index (κ2) is 5.54. The minimum absolute atomic E-state index is 0.235. The Hall–Kier alpha value is -2.96. The van der Waals surface area contributed by atoms with E-state index in [1.54, 1.807) is 20.8 Å². The fourth-order valence-corrected chi connectivity index (χ4v) is 2.43. The molecule has 5 nitrogen and oxygen atoms in total. The number of ether oxygens (including phenoxy) is 1. The van der Waals surface area contributed by atoms with Crippen LogP contribution in [0, 0.1) is 17.0 Å². The van der Waals surface area contributed by atoms with Gasteiger partial charge in [-0.1, -0.05) is 0 Å². The molecule has 0 radical (unpaired) electrons. The number of hydrogen-bond acceptors (Lipinski definition) is 5. The van der Waals surface area contributed by atoms with E-state index in [0.717, 1.165) is 24.5 Å². The Balaban J connectivity index is 2.20. The predicted octanol–water partition coefficient (Wildman–Crippen LogP) is 3.09. The normalized spacial score (nSPS) is 13.3. The predicted molar refractivity (Wildman–Crippen MR) is 82.6 cm³/mol. The summed E-state index contributed by atoms with van der Waals surface area (Å²) in [7, 11) is 0. The van der Waals surface area contributed by atoms with Crippen molar-refractivity contribution in [1.29, 1.82) is 0 Å². The SMILES string of the molecule is CC(C)(C)C(=O)Oc1cncc2c1C(=O)c1c(F)ccc(F)c1C2=O. The van der Waals surface area contributed by atoms with E-state index >= 15 is 0 Å². The molecule has 0 fully saturated rings. The summed E-state index contributed by atoms with van der Waals surface area (Å²) in [6.07, 6.45) is 2.16. The molecule has 3 rings (SSSR count). The van der Waals surface area contributed by atoms with Crippen molar-refractivity contribution in [1.82, 2.24) is 4.98 Å². The van der Waals surface area contributed by atoms with E-state index in [9.17, 15) is 23.2 Å². The van der Waals surface area contributed by atoms with Crippen molar-refractivity contribution < 1.29 is 27.9 Å². The van der Waals surface area contributed by atoms with Crippen molar-refractivity contribution in [2.75, 3.05) is 0 Å². The molecule has 0 aliphatic heterocycles. The molecule has 0 atom stereocenters. The smallest absolute Gasteiger partial charge is 0.316 e. The van der Waals surface area contributed by atoms with Crippen LogP contribution in [0.5, 0.6) is 5.75 Å². The molecule has 1 heterocycles. The second-order valence-electron chi connectivity index (χ2n) is 6.64. The first-order chi connectivity index (χ1) is 11.6. The number of benzene rings is 1. The molecule has 128 valence electrons. The molecule has 2 aromatic rings. The van der Waals surface area contributed by atoms with Gasteiger partial charge in [-0.25, -0.2) is 8.78 Å². The van der Waals surface area contributed by atoms with Crippen LogP contribution in [0.2, 0.25) is 0 Å². The zero-order chi connectivity index (χ0) is 18.5. The third kappa shape index (κ3) is 2.61. The van der Waals surface area contributed by atoms with Gasteiger partial charge >= 0.3 is 5.97 Å². The Kier molecular flexibility index (Phi) is 3.74. The van der Waals surface area contributed by atoms with Gasteiger partial charge in [-0.15, -0.1) is 0 Å². The van der Waals surface area contributed by atoms with Crippen LogP contribution >= 0.6 is 0 Å². The molecule has 1 aliphatic rings. The Morgan fingerprint density at radius 2 is 1.52 bits per heavy atom. The number of halogens is 2. The Bertz CT molecular complexity index is 945. The van der Waals surface area contributed by atoms with Crippen LogP contribution in [-0.4, -0.2) is 22.5 Å². The van der Waals surface area contributed by atoms with Gasteiger partial charge in [0.1, 0.15) is 11.6 Å². The van der Waals surface area contributed by atoms with Crippen LogP contribution in [0.1, 0.15) is 52.6 Å². The molecule has 7 heteroatoms. The van der Waals surface area contributed by atoms with Gasteiger partial charge in [-0.2, -0.15) is 0 Å². The second-order valence-corrected chi connectivity index (χ2v) is 6.64. The van der Waals surface area contributed by atoms with Gasteiger partial charge in [-0.05, 0) is 32.9 Å². The molecule has 0 bridgehead atoms. The van der Waals surface area contributed by atoms with E-state index in [0.29, 0.717) is 0 Å². The topological polar surface area (TPSA) is 73.3 Å². The number of carbonyl (C=O) groups is 3. The lowest BCUT2D eigenvalue weighted by Crippen LogP contribution is -2.29. The molecule has 0 unspecified atom stereocenters. The van der Waals surface area contributed by atoms with E-state index in [-0.39, 0.29) is 16.9 Å². The molecule has 0 saturated carbocycles. The number of carbonyl (C=O) groups excluding carboxylic acids is 3. The fraction of sp³-hybridized carbons (Fsp3) is 0.222. The highest BCUT2D eigenvalue weighted by Gasteiger charge is 2.38. The zero-order valence-corrected chi connectivity index (χ0v) is 13.6. The van der Waals surface area contributed by atoms with E-state index in [1.165, 1.54) is 0 Å². The van der Waals surface area contributed by atoms with Crippen molar-refractivity contribution in [3.05, 3.63) is 58.4 Å². The standard InChI is InChI=1S/C18H13F2NO4/c1-18(2,3)17(24)25-11-7-21-6-8-12(11)16(23)14-10(20)5-4-9(19)13(14)15(8)22/h4-7H,1-3H3.